The fourth-order valence-corrected chi connectivity index (χ4v) is 16.5. The lowest BCUT2D eigenvalue weighted by atomic mass is 9.43. The summed E-state index contributed by atoms with van der Waals surface area (Å²) in [6.07, 6.45) is -15.6. The number of Topliss-reactive ketones (excluding diaryl/α,β-unsaturated/α-hetero) is 1. The van der Waals surface area contributed by atoms with E-state index in [9.17, 15) is 45.3 Å². The van der Waals surface area contributed by atoms with E-state index in [1.807, 2.05) is 26.8 Å². The van der Waals surface area contributed by atoms with Crippen LogP contribution in [0.15, 0.2) is 42.0 Å². The van der Waals surface area contributed by atoms with E-state index in [1.54, 1.807) is 52.3 Å². The van der Waals surface area contributed by atoms with Gasteiger partial charge in [0.15, 0.2) is 31.5 Å². The molecule has 9 aliphatic rings. The van der Waals surface area contributed by atoms with Gasteiger partial charge in [0, 0.05) is 65.0 Å². The summed E-state index contributed by atoms with van der Waals surface area (Å²) in [6.45, 7) is 12.1. The van der Waals surface area contributed by atoms with Gasteiger partial charge in [0.25, 0.3) is 0 Å². The Morgan fingerprint density at radius 2 is 1.14 bits per heavy atom. The molecule has 0 bridgehead atoms. The van der Waals surface area contributed by atoms with Crippen LogP contribution in [0.3, 0.4) is 0 Å². The molecule has 24 heteroatoms. The summed E-state index contributed by atoms with van der Waals surface area (Å²) in [6, 6.07) is 8.72. The molecule has 7 N–H and O–H groups in total. The number of fused-ring (bicyclic) bond motifs is 5. The molecular formula is C62H94O24. The first kappa shape index (κ1) is 66.2. The number of rotatable bonds is 18. The number of hydrogen-bond donors (Lipinski definition) is 7. The highest BCUT2D eigenvalue weighted by Gasteiger charge is 2.77. The molecule has 5 aliphatic heterocycles. The highest BCUT2D eigenvalue weighted by Crippen LogP contribution is 2.70. The topological polar surface area (TPSA) is 314 Å². The smallest absolute Gasteiger partial charge is 0.338 e. The van der Waals surface area contributed by atoms with Crippen LogP contribution in [-0.2, 0) is 75.8 Å². The Morgan fingerprint density at radius 1 is 0.605 bits per heavy atom. The van der Waals surface area contributed by atoms with E-state index in [2.05, 4.69) is 13.0 Å². The van der Waals surface area contributed by atoms with Gasteiger partial charge in [0.1, 0.15) is 84.1 Å². The molecule has 0 aromatic heterocycles. The monoisotopic (exact) mass is 1220 g/mol. The van der Waals surface area contributed by atoms with Crippen LogP contribution in [0.25, 0.3) is 0 Å². The third kappa shape index (κ3) is 12.0. The first-order valence-corrected chi connectivity index (χ1v) is 30.8. The number of carbonyl (C=O) groups is 2. The summed E-state index contributed by atoms with van der Waals surface area (Å²) < 4.78 is 93.8. The number of ketones is 1. The maximum Gasteiger partial charge on any atom is 0.338 e. The molecule has 8 fully saturated rings. The van der Waals surface area contributed by atoms with Crippen molar-refractivity contribution in [3.63, 3.8) is 0 Å². The van der Waals surface area contributed by atoms with E-state index in [0.717, 1.165) is 5.57 Å². The van der Waals surface area contributed by atoms with Crippen molar-refractivity contribution in [3.8, 4) is 0 Å². The van der Waals surface area contributed by atoms with Gasteiger partial charge in [-0.05, 0) is 97.1 Å². The Morgan fingerprint density at radius 3 is 1.69 bits per heavy atom. The maximum atomic E-state index is 13.8. The zero-order chi connectivity index (χ0) is 61.9. The largest absolute Gasteiger partial charge is 0.458 e. The molecule has 86 heavy (non-hydrogen) atoms. The van der Waals surface area contributed by atoms with Crippen molar-refractivity contribution in [2.75, 3.05) is 35.0 Å². The van der Waals surface area contributed by atoms with Crippen LogP contribution in [0.1, 0.15) is 123 Å². The van der Waals surface area contributed by atoms with E-state index in [-0.39, 0.29) is 37.6 Å². The first-order chi connectivity index (χ1) is 40.9. The van der Waals surface area contributed by atoms with Gasteiger partial charge in [-0.2, -0.15) is 0 Å². The van der Waals surface area contributed by atoms with Crippen molar-refractivity contribution in [1.29, 1.82) is 0 Å². The summed E-state index contributed by atoms with van der Waals surface area (Å²) in [7, 11) is 6.14. The second kappa shape index (κ2) is 26.5. The van der Waals surface area contributed by atoms with Crippen molar-refractivity contribution in [2.45, 2.75) is 271 Å². The molecule has 3 saturated carbocycles. The number of esters is 1. The number of benzene rings is 1. The lowest BCUT2D eigenvalue weighted by molar-refractivity contribution is -0.374. The van der Waals surface area contributed by atoms with Gasteiger partial charge < -0.3 is 107 Å². The highest BCUT2D eigenvalue weighted by atomic mass is 16.8. The molecule has 10 rings (SSSR count). The molecule has 5 heterocycles. The summed E-state index contributed by atoms with van der Waals surface area (Å²) >= 11 is 0. The Hall–Kier alpha value is -2.74. The quantitative estimate of drug-likeness (QED) is 0.0820. The number of ether oxygens (including phenoxy) is 15. The van der Waals surface area contributed by atoms with Crippen LogP contribution in [0.5, 0.6) is 0 Å². The standard InChI is InChI=1S/C62H94O24/c1-29(64)37-19-22-62(71)60(37,7)43(82-56(69)34-15-13-12-14-16-34)27-42-59(6)20-18-36(23-35(59)17-21-61(42,62)70)80-44-24-38(72-8)51(30(2)76-44)83-45-25-39(73-9)52(31(3)77-45)84-46-26-40(74-10)53(32(4)78-46)85-58-50(68)55(75-11)54(33(5)79-58)86-57-49(67)48(66)47(65)41(28-63)81-57/h12-17,30-33,36-55,57-58,63,65-68,70-71H,18-28H2,1-11H3/t30-,31-,32-,33-,36+,37-,38+,39+,40-,41-,42-,43-,44+,45+,46+,47-,48+,49-,50-,51-,52-,53-,54-,55-,57+,58+,59+,60+,61+,62-/m1/s1. The zero-order valence-electron chi connectivity index (χ0n) is 51.3. The van der Waals surface area contributed by atoms with E-state index >= 15 is 0 Å². The van der Waals surface area contributed by atoms with E-state index in [4.69, 9.17) is 71.1 Å². The molecule has 1 aromatic carbocycles. The molecular weight excluding hydrogens is 1130 g/mol. The Bertz CT molecular complexity index is 2490. The number of methoxy groups -OCH3 is 4. The lowest BCUT2D eigenvalue weighted by Gasteiger charge is -2.66. The number of carbonyl (C=O) groups excluding carboxylic acids is 2. The van der Waals surface area contributed by atoms with Crippen LogP contribution in [0.4, 0.5) is 0 Å². The van der Waals surface area contributed by atoms with Gasteiger partial charge in [-0.3, -0.25) is 4.79 Å². The molecule has 486 valence electrons. The van der Waals surface area contributed by atoms with Crippen LogP contribution in [0, 0.1) is 22.7 Å². The minimum absolute atomic E-state index is 0.0986. The van der Waals surface area contributed by atoms with Crippen LogP contribution in [-0.4, -0.2) is 241 Å². The molecule has 4 aliphatic carbocycles. The first-order valence-electron chi connectivity index (χ1n) is 30.8. The number of aliphatic hydroxyl groups excluding tert-OH is 5. The van der Waals surface area contributed by atoms with Gasteiger partial charge in [0.2, 0.25) is 0 Å². The van der Waals surface area contributed by atoms with Crippen molar-refractivity contribution in [1.82, 2.24) is 0 Å². The van der Waals surface area contributed by atoms with E-state index in [1.165, 1.54) is 21.1 Å². The normalized spacial score (nSPS) is 49.6. The predicted octanol–water partition coefficient (Wildman–Crippen LogP) is 2.52. The van der Waals surface area contributed by atoms with Crippen molar-refractivity contribution in [3.05, 3.63) is 47.5 Å². The average molecular weight is 1220 g/mol. The minimum atomic E-state index is -1.70. The summed E-state index contributed by atoms with van der Waals surface area (Å²) in [5.74, 6) is -1.70. The lowest BCUT2D eigenvalue weighted by Crippen LogP contribution is -2.75. The zero-order valence-corrected chi connectivity index (χ0v) is 51.3. The number of aliphatic hydroxyl groups is 7. The molecule has 0 spiro atoms. The summed E-state index contributed by atoms with van der Waals surface area (Å²) in [5.41, 5.74) is -3.57. The molecule has 0 radical (unpaired) electrons. The predicted molar refractivity (Wildman–Crippen MR) is 298 cm³/mol. The fourth-order valence-electron chi connectivity index (χ4n) is 16.5. The third-order valence-electron chi connectivity index (χ3n) is 21.4. The fraction of sp³-hybridized carbons (Fsp3) is 0.839. The SMILES string of the molecule is CO[C@@H]1[C@@H](O)[C@H](O[C@@H]2[C@@H](C)O[C@@H](O[C@H]3[C@@H](OC)C[C@H](O[C@H]4[C@@H](OC)C[C@H](O[C@H]5CC[C@@]6(C)C(=CC[C@]7(O)[C@@H]6C[C@@H](OC(=O)c6ccccc6)[C@]6(C)[C@@H](C(C)=O)CC[C@@]67O)C5)O[C@@H]4C)O[C@@H]3C)C[C@H]2OC)O[C@H](C)[C@H]1O[C@@H]1O[C@H](CO)[C@@H](O)[C@H](O)[C@H]1O. The van der Waals surface area contributed by atoms with Gasteiger partial charge in [-0.1, -0.05) is 43.7 Å². The van der Waals surface area contributed by atoms with Gasteiger partial charge in [-0.25, -0.2) is 4.79 Å². The van der Waals surface area contributed by atoms with E-state index in [0.29, 0.717) is 44.1 Å². The molecule has 5 saturated heterocycles. The van der Waals surface area contributed by atoms with Crippen molar-refractivity contribution < 1.29 is 116 Å². The number of hydrogen-bond acceptors (Lipinski definition) is 24. The Balaban J connectivity index is 0.724. The second-order valence-corrected chi connectivity index (χ2v) is 26.0. The molecule has 1 aromatic rings. The van der Waals surface area contributed by atoms with Gasteiger partial charge in [-0.15, -0.1) is 0 Å². The van der Waals surface area contributed by atoms with Crippen LogP contribution < -0.4 is 0 Å². The molecule has 30 atom stereocenters. The Labute approximate surface area is 503 Å². The minimum Gasteiger partial charge on any atom is -0.458 e. The Kier molecular flexibility index (Phi) is 20.4. The highest BCUT2D eigenvalue weighted by molar-refractivity contribution is 5.89. The van der Waals surface area contributed by atoms with Gasteiger partial charge >= 0.3 is 5.97 Å². The van der Waals surface area contributed by atoms with E-state index < -0.39 is 188 Å². The molecule has 0 amide bonds. The molecule has 24 nitrogen and oxygen atoms in total. The molecule has 0 unspecified atom stereocenters. The summed E-state index contributed by atoms with van der Waals surface area (Å²) in [4.78, 5) is 27.0. The van der Waals surface area contributed by atoms with Crippen LogP contribution in [0.2, 0.25) is 0 Å². The third-order valence-corrected chi connectivity index (χ3v) is 21.4. The van der Waals surface area contributed by atoms with Crippen molar-refractivity contribution >= 4 is 11.8 Å². The van der Waals surface area contributed by atoms with Gasteiger partial charge in [0.05, 0.1) is 61.0 Å². The average Bonchev–Trinajstić information content (AvgIpc) is 1.29. The van der Waals surface area contributed by atoms with Crippen LogP contribution >= 0.6 is 0 Å². The maximum absolute atomic E-state index is 13.8. The second-order valence-electron chi connectivity index (χ2n) is 26.0. The van der Waals surface area contributed by atoms with Crippen molar-refractivity contribution in [2.24, 2.45) is 22.7 Å². The summed E-state index contributed by atoms with van der Waals surface area (Å²) in [5, 5.41) is 78.5.